The molecule has 0 aliphatic carbocycles. The van der Waals surface area contributed by atoms with Crippen LogP contribution in [0, 0.1) is 0 Å². The number of nitrogens with zero attached hydrogens (tertiary/aromatic N) is 3. The van der Waals surface area contributed by atoms with Crippen molar-refractivity contribution in [3.63, 3.8) is 0 Å². The lowest BCUT2D eigenvalue weighted by atomic mass is 10.0. The third-order valence-electron chi connectivity index (χ3n) is 4.29. The zero-order valence-electron chi connectivity index (χ0n) is 12.2. The third kappa shape index (κ3) is 2.31. The van der Waals surface area contributed by atoms with Gasteiger partial charge in [-0.05, 0) is 33.0 Å². The van der Waals surface area contributed by atoms with Gasteiger partial charge < -0.3 is 15.5 Å². The number of benzene rings is 1. The number of hydrogen-bond donors (Lipinski definition) is 1. The maximum atomic E-state index is 6.20. The molecule has 2 heterocycles. The van der Waals surface area contributed by atoms with Crippen molar-refractivity contribution in [3.8, 4) is 0 Å². The van der Waals surface area contributed by atoms with Gasteiger partial charge in [0.05, 0.1) is 23.1 Å². The first-order chi connectivity index (χ1) is 9.66. The smallest absolute Gasteiger partial charge is 0.0745 e. The Morgan fingerprint density at radius 3 is 2.60 bits per heavy atom. The van der Waals surface area contributed by atoms with Gasteiger partial charge in [-0.2, -0.15) is 0 Å². The third-order valence-corrected chi connectivity index (χ3v) is 4.29. The van der Waals surface area contributed by atoms with Crippen molar-refractivity contribution in [1.82, 2.24) is 9.88 Å². The van der Waals surface area contributed by atoms with E-state index in [1.807, 2.05) is 12.1 Å². The van der Waals surface area contributed by atoms with Gasteiger partial charge in [0, 0.05) is 24.5 Å². The minimum atomic E-state index is 0.681. The summed E-state index contributed by atoms with van der Waals surface area (Å²) >= 11 is 0. The first-order valence-electron chi connectivity index (χ1n) is 7.21. The molecule has 4 nitrogen and oxygen atoms in total. The van der Waals surface area contributed by atoms with E-state index in [4.69, 9.17) is 5.73 Å². The van der Waals surface area contributed by atoms with E-state index in [0.717, 1.165) is 35.4 Å². The number of hydrogen-bond acceptors (Lipinski definition) is 4. The largest absolute Gasteiger partial charge is 0.396 e. The molecule has 1 aliphatic rings. The van der Waals surface area contributed by atoms with Gasteiger partial charge in [0.2, 0.25) is 0 Å². The number of nitrogens with two attached hydrogens (primary N) is 1. The SMILES string of the molecule is CN(C)C1CCN(c2c(N)cnc3ccccc23)CC1. The van der Waals surface area contributed by atoms with Gasteiger partial charge in [-0.25, -0.2) is 0 Å². The lowest BCUT2D eigenvalue weighted by Crippen LogP contribution is -2.42. The summed E-state index contributed by atoms with van der Waals surface area (Å²) < 4.78 is 0. The van der Waals surface area contributed by atoms with E-state index in [1.54, 1.807) is 6.20 Å². The van der Waals surface area contributed by atoms with Crippen LogP contribution in [-0.2, 0) is 0 Å². The van der Waals surface area contributed by atoms with Crippen molar-refractivity contribution in [2.45, 2.75) is 18.9 Å². The highest BCUT2D eigenvalue weighted by molar-refractivity contribution is 5.97. The maximum absolute atomic E-state index is 6.20. The monoisotopic (exact) mass is 270 g/mol. The molecule has 3 rings (SSSR count). The first kappa shape index (κ1) is 13.2. The molecule has 20 heavy (non-hydrogen) atoms. The van der Waals surface area contributed by atoms with Gasteiger partial charge in [0.15, 0.2) is 0 Å². The Bertz CT molecular complexity index is 600. The van der Waals surface area contributed by atoms with E-state index in [-0.39, 0.29) is 0 Å². The number of pyridine rings is 1. The van der Waals surface area contributed by atoms with Crippen LogP contribution >= 0.6 is 0 Å². The molecular weight excluding hydrogens is 248 g/mol. The second-order valence-corrected chi connectivity index (χ2v) is 5.76. The van der Waals surface area contributed by atoms with Crippen LogP contribution in [0.5, 0.6) is 0 Å². The molecule has 0 atom stereocenters. The van der Waals surface area contributed by atoms with Crippen molar-refractivity contribution in [3.05, 3.63) is 30.5 Å². The predicted molar refractivity (Wildman–Crippen MR) is 85.1 cm³/mol. The van der Waals surface area contributed by atoms with Crippen molar-refractivity contribution >= 4 is 22.3 Å². The van der Waals surface area contributed by atoms with Gasteiger partial charge in [0.1, 0.15) is 0 Å². The standard InChI is InChI=1S/C16H22N4/c1-19(2)12-7-9-20(10-8-12)16-13-5-3-4-6-15(13)18-11-14(16)17/h3-6,11-12H,7-10,17H2,1-2H3. The van der Waals surface area contributed by atoms with E-state index in [1.165, 1.54) is 12.8 Å². The van der Waals surface area contributed by atoms with Crippen molar-refractivity contribution in [1.29, 1.82) is 0 Å². The minimum absolute atomic E-state index is 0.681. The van der Waals surface area contributed by atoms with Crippen LogP contribution in [-0.4, -0.2) is 43.1 Å². The Balaban J connectivity index is 1.93. The van der Waals surface area contributed by atoms with E-state index in [9.17, 15) is 0 Å². The number of aromatic nitrogens is 1. The number of piperidine rings is 1. The second kappa shape index (κ2) is 5.29. The molecule has 1 aliphatic heterocycles. The van der Waals surface area contributed by atoms with E-state index in [0.29, 0.717) is 6.04 Å². The first-order valence-corrected chi connectivity index (χ1v) is 7.21. The Morgan fingerprint density at radius 2 is 1.90 bits per heavy atom. The van der Waals surface area contributed by atoms with Crippen LogP contribution in [0.3, 0.4) is 0 Å². The van der Waals surface area contributed by atoms with Crippen molar-refractivity contribution in [2.24, 2.45) is 0 Å². The molecule has 4 heteroatoms. The summed E-state index contributed by atoms with van der Waals surface area (Å²) in [5.41, 5.74) is 9.16. The van der Waals surface area contributed by atoms with Crippen LogP contribution in [0.25, 0.3) is 10.9 Å². The predicted octanol–water partition coefficient (Wildman–Crippen LogP) is 2.35. The molecule has 0 amide bonds. The van der Waals surface area contributed by atoms with E-state index in [2.05, 4.69) is 41.0 Å². The molecule has 1 aromatic heterocycles. The van der Waals surface area contributed by atoms with Crippen LogP contribution < -0.4 is 10.6 Å². The number of para-hydroxylation sites is 1. The topological polar surface area (TPSA) is 45.4 Å². The number of nitrogen functional groups attached to an aromatic ring is 1. The van der Waals surface area contributed by atoms with Crippen LogP contribution in [0.15, 0.2) is 30.5 Å². The molecule has 0 spiro atoms. The Morgan fingerprint density at radius 1 is 1.20 bits per heavy atom. The summed E-state index contributed by atoms with van der Waals surface area (Å²) in [5, 5.41) is 1.16. The van der Waals surface area contributed by atoms with Gasteiger partial charge >= 0.3 is 0 Å². The Kier molecular flexibility index (Phi) is 3.49. The molecule has 1 fully saturated rings. The number of fused-ring (bicyclic) bond motifs is 1. The highest BCUT2D eigenvalue weighted by atomic mass is 15.2. The molecule has 0 radical (unpaired) electrons. The lowest BCUT2D eigenvalue weighted by Gasteiger charge is -2.37. The Labute approximate surface area is 120 Å². The van der Waals surface area contributed by atoms with Gasteiger partial charge in [-0.3, -0.25) is 4.98 Å². The summed E-state index contributed by atoms with van der Waals surface area (Å²) in [5.74, 6) is 0. The average Bonchev–Trinajstić information content (AvgIpc) is 2.47. The summed E-state index contributed by atoms with van der Waals surface area (Å²) in [6, 6.07) is 8.92. The van der Waals surface area contributed by atoms with Crippen LogP contribution in [0.4, 0.5) is 11.4 Å². The molecule has 1 saturated heterocycles. The molecule has 1 aromatic carbocycles. The number of anilines is 2. The van der Waals surface area contributed by atoms with Gasteiger partial charge in [-0.15, -0.1) is 0 Å². The zero-order valence-corrected chi connectivity index (χ0v) is 12.2. The molecule has 106 valence electrons. The second-order valence-electron chi connectivity index (χ2n) is 5.76. The van der Waals surface area contributed by atoms with Crippen LogP contribution in [0.2, 0.25) is 0 Å². The lowest BCUT2D eigenvalue weighted by molar-refractivity contribution is 0.250. The average molecular weight is 270 g/mol. The Hall–Kier alpha value is -1.81. The fourth-order valence-electron chi connectivity index (χ4n) is 3.10. The normalized spacial score (nSPS) is 17.1. The number of rotatable bonds is 2. The van der Waals surface area contributed by atoms with Crippen LogP contribution in [0.1, 0.15) is 12.8 Å². The van der Waals surface area contributed by atoms with Gasteiger partial charge in [-0.1, -0.05) is 18.2 Å². The van der Waals surface area contributed by atoms with Crippen molar-refractivity contribution in [2.75, 3.05) is 37.8 Å². The quantitative estimate of drug-likeness (QED) is 0.910. The highest BCUT2D eigenvalue weighted by Gasteiger charge is 2.23. The summed E-state index contributed by atoms with van der Waals surface area (Å²) in [4.78, 5) is 9.16. The highest BCUT2D eigenvalue weighted by Crippen LogP contribution is 2.33. The minimum Gasteiger partial charge on any atom is -0.396 e. The molecular formula is C16H22N4. The summed E-state index contributed by atoms with van der Waals surface area (Å²) in [7, 11) is 4.33. The molecule has 0 saturated carbocycles. The van der Waals surface area contributed by atoms with E-state index < -0.39 is 0 Å². The summed E-state index contributed by atoms with van der Waals surface area (Å²) in [6.45, 7) is 2.11. The maximum Gasteiger partial charge on any atom is 0.0745 e. The van der Waals surface area contributed by atoms with Gasteiger partial charge in [0.25, 0.3) is 0 Å². The molecule has 2 aromatic rings. The molecule has 0 bridgehead atoms. The fourth-order valence-corrected chi connectivity index (χ4v) is 3.10. The van der Waals surface area contributed by atoms with E-state index >= 15 is 0 Å². The summed E-state index contributed by atoms with van der Waals surface area (Å²) in [6.07, 6.45) is 4.15. The molecule has 0 unspecified atom stereocenters. The zero-order chi connectivity index (χ0) is 14.1. The molecule has 2 N–H and O–H groups in total. The fraction of sp³-hybridized carbons (Fsp3) is 0.438. The van der Waals surface area contributed by atoms with Crippen molar-refractivity contribution < 1.29 is 0 Å².